The number of nitriles is 1. The molecule has 0 amide bonds. The largest absolute Gasteiger partial charge is 0.492 e. The Bertz CT molecular complexity index is 1210. The van der Waals surface area contributed by atoms with E-state index in [9.17, 15) is 5.26 Å². The molecule has 0 aromatic carbocycles. The molecule has 1 spiro atoms. The quantitative estimate of drug-likeness (QED) is 0.595. The third kappa shape index (κ3) is 3.50. The van der Waals surface area contributed by atoms with E-state index in [2.05, 4.69) is 39.1 Å². The molecule has 3 aromatic rings. The van der Waals surface area contributed by atoms with Gasteiger partial charge in [-0.05, 0) is 49.8 Å². The smallest absolute Gasteiger partial charge is 0.138 e. The van der Waals surface area contributed by atoms with Gasteiger partial charge >= 0.3 is 0 Å². The molecule has 0 aliphatic carbocycles. The number of terminal acetylenes is 1. The number of fused-ring (bicyclic) bond motifs is 1. The van der Waals surface area contributed by atoms with Crippen molar-refractivity contribution in [2.24, 2.45) is 5.41 Å². The van der Waals surface area contributed by atoms with Gasteiger partial charge in [0.25, 0.3) is 0 Å². The van der Waals surface area contributed by atoms with Crippen LogP contribution in [-0.4, -0.2) is 52.3 Å². The topological polar surface area (TPSA) is 69.7 Å². The summed E-state index contributed by atoms with van der Waals surface area (Å²) >= 11 is 0. The molecule has 7 heteroatoms. The number of anilines is 1. The Labute approximate surface area is 188 Å². The summed E-state index contributed by atoms with van der Waals surface area (Å²) in [5.41, 5.74) is 3.49. The second-order valence-electron chi connectivity index (χ2n) is 8.68. The minimum Gasteiger partial charge on any atom is -0.492 e. The van der Waals surface area contributed by atoms with Gasteiger partial charge in [0.15, 0.2) is 0 Å². The fraction of sp³-hybridized carbons (Fsp3) is 0.400. The third-order valence-corrected chi connectivity index (χ3v) is 6.85. The van der Waals surface area contributed by atoms with E-state index in [0.29, 0.717) is 23.3 Å². The molecule has 0 N–H and O–H groups in total. The van der Waals surface area contributed by atoms with Crippen molar-refractivity contribution < 1.29 is 4.74 Å². The highest BCUT2D eigenvalue weighted by molar-refractivity contribution is 5.85. The predicted octanol–water partition coefficient (Wildman–Crippen LogP) is 3.55. The average molecular weight is 427 g/mol. The second-order valence-corrected chi connectivity index (χ2v) is 8.68. The molecule has 5 rings (SSSR count). The Morgan fingerprint density at radius 2 is 2.00 bits per heavy atom. The Hall–Kier alpha value is -3.71. The zero-order chi connectivity index (χ0) is 22.1. The number of hydrogen-bond acceptors (Lipinski definition) is 6. The van der Waals surface area contributed by atoms with Gasteiger partial charge in [0.2, 0.25) is 0 Å². The monoisotopic (exact) mass is 426 g/mol. The molecule has 0 radical (unpaired) electrons. The molecule has 162 valence electrons. The van der Waals surface area contributed by atoms with Crippen molar-refractivity contribution in [3.05, 3.63) is 42.4 Å². The van der Waals surface area contributed by atoms with E-state index in [0.717, 1.165) is 61.5 Å². The maximum atomic E-state index is 9.53. The van der Waals surface area contributed by atoms with E-state index < -0.39 is 0 Å². The van der Waals surface area contributed by atoms with Crippen molar-refractivity contribution in [1.82, 2.24) is 19.5 Å². The van der Waals surface area contributed by atoms with Crippen LogP contribution in [0.3, 0.4) is 0 Å². The van der Waals surface area contributed by atoms with E-state index in [4.69, 9.17) is 16.1 Å². The van der Waals surface area contributed by atoms with E-state index in [1.54, 1.807) is 16.9 Å². The summed E-state index contributed by atoms with van der Waals surface area (Å²) in [7, 11) is 0. The molecular weight excluding hydrogens is 400 g/mol. The van der Waals surface area contributed by atoms with Crippen molar-refractivity contribution >= 4 is 11.3 Å². The number of hydrogen-bond donors (Lipinski definition) is 0. The van der Waals surface area contributed by atoms with Crippen molar-refractivity contribution in [2.45, 2.75) is 26.2 Å². The van der Waals surface area contributed by atoms with Crippen LogP contribution in [0.2, 0.25) is 0 Å². The van der Waals surface area contributed by atoms with E-state index in [1.165, 1.54) is 6.42 Å². The van der Waals surface area contributed by atoms with Crippen LogP contribution in [0.15, 0.2) is 36.8 Å². The first-order valence-corrected chi connectivity index (χ1v) is 11.1. The van der Waals surface area contributed by atoms with Crippen LogP contribution in [0, 0.1) is 29.2 Å². The summed E-state index contributed by atoms with van der Waals surface area (Å²) in [5.74, 6) is 1.70. The molecule has 0 unspecified atom stereocenters. The molecule has 32 heavy (non-hydrogen) atoms. The highest BCUT2D eigenvalue weighted by Crippen LogP contribution is 2.41. The molecule has 5 heterocycles. The minimum absolute atomic E-state index is 0.365. The van der Waals surface area contributed by atoms with Gasteiger partial charge in [-0.15, -0.1) is 0 Å². The molecule has 0 bridgehead atoms. The first-order valence-electron chi connectivity index (χ1n) is 11.1. The fourth-order valence-corrected chi connectivity index (χ4v) is 5.04. The zero-order valence-corrected chi connectivity index (χ0v) is 18.3. The standard InChI is InChI=1S/C25H26N6O/c1-3-29-10-7-25(18-29)8-11-30(12-9-25)23-6-5-19(15-27-23)22-13-21(32-4-2)17-31-24(22)20(14-26)16-28-31/h1,5-6,13,15-17H,4,7-12,18H2,2H3. The number of aromatic nitrogens is 3. The number of nitrogens with zero attached hydrogens (tertiary/aromatic N) is 6. The minimum atomic E-state index is 0.365. The van der Waals surface area contributed by atoms with E-state index in [-0.39, 0.29) is 0 Å². The molecule has 0 atom stereocenters. The Kier molecular flexibility index (Phi) is 5.11. The van der Waals surface area contributed by atoms with Crippen molar-refractivity contribution in [3.63, 3.8) is 0 Å². The Morgan fingerprint density at radius 1 is 1.19 bits per heavy atom. The zero-order valence-electron chi connectivity index (χ0n) is 18.3. The fourth-order valence-electron chi connectivity index (χ4n) is 5.04. The predicted molar refractivity (Wildman–Crippen MR) is 123 cm³/mol. The summed E-state index contributed by atoms with van der Waals surface area (Å²) in [6, 6.07) is 11.1. The van der Waals surface area contributed by atoms with Crippen LogP contribution in [0.4, 0.5) is 5.82 Å². The van der Waals surface area contributed by atoms with Crippen LogP contribution < -0.4 is 9.64 Å². The lowest BCUT2D eigenvalue weighted by Crippen LogP contribution is -2.41. The number of rotatable bonds is 4. The maximum Gasteiger partial charge on any atom is 0.138 e. The van der Waals surface area contributed by atoms with Gasteiger partial charge in [-0.2, -0.15) is 10.4 Å². The Morgan fingerprint density at radius 3 is 2.66 bits per heavy atom. The van der Waals surface area contributed by atoms with Crippen LogP contribution in [0.1, 0.15) is 31.7 Å². The summed E-state index contributed by atoms with van der Waals surface area (Å²) in [6.45, 7) is 6.53. The van der Waals surface area contributed by atoms with Crippen LogP contribution in [-0.2, 0) is 0 Å². The average Bonchev–Trinajstić information content (AvgIpc) is 3.43. The van der Waals surface area contributed by atoms with Crippen molar-refractivity contribution in [2.75, 3.05) is 37.7 Å². The molecule has 2 aliphatic heterocycles. The summed E-state index contributed by atoms with van der Waals surface area (Å²) in [4.78, 5) is 9.25. The van der Waals surface area contributed by atoms with Gasteiger partial charge in [-0.25, -0.2) is 9.50 Å². The van der Waals surface area contributed by atoms with E-state index >= 15 is 0 Å². The summed E-state index contributed by atoms with van der Waals surface area (Å²) in [5, 5.41) is 13.9. The molecule has 2 fully saturated rings. The number of pyridine rings is 2. The normalized spacial score (nSPS) is 17.5. The Balaban J connectivity index is 1.39. The van der Waals surface area contributed by atoms with Crippen LogP contribution in [0.5, 0.6) is 5.75 Å². The highest BCUT2D eigenvalue weighted by Gasteiger charge is 2.40. The van der Waals surface area contributed by atoms with Gasteiger partial charge in [-0.1, -0.05) is 6.42 Å². The third-order valence-electron chi connectivity index (χ3n) is 6.85. The van der Waals surface area contributed by atoms with Crippen molar-refractivity contribution in [3.8, 4) is 35.4 Å². The molecule has 2 aliphatic rings. The van der Waals surface area contributed by atoms with E-state index in [1.807, 2.05) is 19.2 Å². The molecular formula is C25H26N6O. The van der Waals surface area contributed by atoms with Crippen LogP contribution in [0.25, 0.3) is 16.6 Å². The van der Waals surface area contributed by atoms with Crippen LogP contribution >= 0.6 is 0 Å². The van der Waals surface area contributed by atoms with Gasteiger partial charge in [0.05, 0.1) is 30.1 Å². The lowest BCUT2D eigenvalue weighted by Gasteiger charge is -2.39. The molecule has 7 nitrogen and oxygen atoms in total. The molecule has 0 saturated carbocycles. The van der Waals surface area contributed by atoms with Gasteiger partial charge in [0.1, 0.15) is 17.6 Å². The van der Waals surface area contributed by atoms with Gasteiger partial charge < -0.3 is 14.5 Å². The van der Waals surface area contributed by atoms with Gasteiger partial charge in [0, 0.05) is 49.5 Å². The first-order chi connectivity index (χ1) is 15.6. The lowest BCUT2D eigenvalue weighted by molar-refractivity contribution is 0.230. The number of ether oxygens (including phenoxy) is 1. The molecule has 2 saturated heterocycles. The number of piperidine rings is 1. The van der Waals surface area contributed by atoms with Gasteiger partial charge in [-0.3, -0.25) is 0 Å². The number of likely N-dealkylation sites (tertiary alicyclic amines) is 1. The van der Waals surface area contributed by atoms with Crippen molar-refractivity contribution in [1.29, 1.82) is 5.26 Å². The second kappa shape index (κ2) is 8.09. The summed E-state index contributed by atoms with van der Waals surface area (Å²) < 4.78 is 7.42. The summed E-state index contributed by atoms with van der Waals surface area (Å²) in [6.07, 6.45) is 14.4. The highest BCUT2D eigenvalue weighted by atomic mass is 16.5. The lowest BCUT2D eigenvalue weighted by atomic mass is 9.78. The first kappa shape index (κ1) is 20.2. The molecule has 3 aromatic heterocycles. The SMILES string of the molecule is C#CN1CCC2(CCN(c3ccc(-c4cc(OCC)cn5ncc(C#N)c45)cn3)CC2)C1. The maximum absolute atomic E-state index is 9.53.